The zero-order valence-corrected chi connectivity index (χ0v) is 14.7. The molecular weight excluding hydrogens is 368 g/mol. The van der Waals surface area contributed by atoms with Gasteiger partial charge in [-0.25, -0.2) is 12.8 Å². The minimum Gasteiger partial charge on any atom is -0.224 e. The van der Waals surface area contributed by atoms with Crippen molar-refractivity contribution in [3.8, 4) is 0 Å². The summed E-state index contributed by atoms with van der Waals surface area (Å²) < 4.78 is 76.2. The fraction of sp³-hybridized carbons (Fsp3) is 0.263. The molecule has 0 atom stereocenters. The van der Waals surface area contributed by atoms with Crippen molar-refractivity contribution in [2.75, 3.05) is 6.26 Å². The van der Waals surface area contributed by atoms with Crippen LogP contribution in [0.2, 0.25) is 0 Å². The van der Waals surface area contributed by atoms with Gasteiger partial charge in [-0.1, -0.05) is 18.2 Å². The van der Waals surface area contributed by atoms with Crippen molar-refractivity contribution in [1.82, 2.24) is 0 Å². The van der Waals surface area contributed by atoms with E-state index in [0.29, 0.717) is 24.0 Å². The first kappa shape index (κ1) is 18.6. The first-order valence-corrected chi connectivity index (χ1v) is 9.86. The van der Waals surface area contributed by atoms with Crippen LogP contribution in [0.1, 0.15) is 36.0 Å². The molecule has 0 radical (unpaired) electrons. The molecule has 7 heteroatoms. The predicted octanol–water partition coefficient (Wildman–Crippen LogP) is 5.34. The van der Waals surface area contributed by atoms with Crippen LogP contribution in [-0.4, -0.2) is 14.7 Å². The van der Waals surface area contributed by atoms with Gasteiger partial charge in [0.15, 0.2) is 9.84 Å². The molecule has 0 saturated carbocycles. The zero-order chi connectivity index (χ0) is 19.1. The number of hydrogen-bond acceptors (Lipinski definition) is 2. The predicted molar refractivity (Wildman–Crippen MR) is 91.6 cm³/mol. The summed E-state index contributed by atoms with van der Waals surface area (Å²) in [6, 6.07) is 8.93. The molecule has 0 N–H and O–H groups in total. The minimum absolute atomic E-state index is 0.388. The van der Waals surface area contributed by atoms with Gasteiger partial charge in [0.05, 0.1) is 5.56 Å². The summed E-state index contributed by atoms with van der Waals surface area (Å²) in [6.45, 7) is 0. The van der Waals surface area contributed by atoms with E-state index in [9.17, 15) is 26.0 Å². The maximum atomic E-state index is 14.2. The monoisotopic (exact) mass is 384 g/mol. The van der Waals surface area contributed by atoms with Gasteiger partial charge in [-0.05, 0) is 65.8 Å². The van der Waals surface area contributed by atoms with Crippen LogP contribution < -0.4 is 0 Å². The summed E-state index contributed by atoms with van der Waals surface area (Å²) in [7, 11) is -3.68. The Balaban J connectivity index is 2.09. The Hall–Kier alpha value is -2.15. The van der Waals surface area contributed by atoms with Crippen molar-refractivity contribution >= 4 is 21.0 Å². The van der Waals surface area contributed by atoms with Crippen LogP contribution >= 0.6 is 0 Å². The Kier molecular flexibility index (Phi) is 4.69. The van der Waals surface area contributed by atoms with Gasteiger partial charge in [0.1, 0.15) is 10.7 Å². The van der Waals surface area contributed by atoms with E-state index in [1.165, 1.54) is 18.2 Å². The highest BCUT2D eigenvalue weighted by molar-refractivity contribution is 7.90. The van der Waals surface area contributed by atoms with Gasteiger partial charge in [-0.2, -0.15) is 13.2 Å². The normalized spacial score (nSPS) is 15.6. The first-order chi connectivity index (χ1) is 12.1. The molecule has 2 nitrogen and oxygen atoms in total. The van der Waals surface area contributed by atoms with Crippen LogP contribution in [-0.2, 0) is 16.0 Å². The highest BCUT2D eigenvalue weighted by Crippen LogP contribution is 2.41. The smallest absolute Gasteiger partial charge is 0.224 e. The molecule has 2 aromatic rings. The lowest BCUT2D eigenvalue weighted by molar-refractivity contribution is -0.137. The molecule has 0 aromatic heterocycles. The summed E-state index contributed by atoms with van der Waals surface area (Å²) in [4.78, 5) is -0.388. The Labute approximate surface area is 149 Å². The van der Waals surface area contributed by atoms with Crippen molar-refractivity contribution in [2.24, 2.45) is 0 Å². The highest BCUT2D eigenvalue weighted by atomic mass is 32.2. The number of allylic oxidation sites excluding steroid dienone is 2. The van der Waals surface area contributed by atoms with Gasteiger partial charge in [0.25, 0.3) is 0 Å². The van der Waals surface area contributed by atoms with Crippen LogP contribution in [0.4, 0.5) is 17.6 Å². The first-order valence-electron chi connectivity index (χ1n) is 7.97. The SMILES string of the molecule is CS(=O)(=O)c1ccc(C2=C(c3cccc(C(F)(F)F)c3)CCC2)cc1F. The molecule has 3 rings (SSSR count). The van der Waals surface area contributed by atoms with Crippen molar-refractivity contribution in [3.05, 3.63) is 65.0 Å². The standard InChI is InChI=1S/C19H16F4O2S/c1-26(24,25)18-9-8-13(11-17(18)20)16-7-3-6-15(16)12-4-2-5-14(10-12)19(21,22)23/h2,4-5,8-11H,3,6-7H2,1H3. The molecule has 1 aliphatic carbocycles. The molecule has 0 unspecified atom stereocenters. The molecule has 138 valence electrons. The molecule has 0 saturated heterocycles. The van der Waals surface area contributed by atoms with Gasteiger partial charge in [0, 0.05) is 6.26 Å². The third-order valence-electron chi connectivity index (χ3n) is 4.44. The van der Waals surface area contributed by atoms with E-state index >= 15 is 0 Å². The zero-order valence-electron chi connectivity index (χ0n) is 13.9. The summed E-state index contributed by atoms with van der Waals surface area (Å²) in [6.07, 6.45) is -1.57. The molecular formula is C19H16F4O2S. The van der Waals surface area contributed by atoms with Gasteiger partial charge in [-0.3, -0.25) is 0 Å². The lowest BCUT2D eigenvalue weighted by atomic mass is 9.96. The van der Waals surface area contributed by atoms with Crippen LogP contribution in [0.5, 0.6) is 0 Å². The van der Waals surface area contributed by atoms with Gasteiger partial charge in [-0.15, -0.1) is 0 Å². The van der Waals surface area contributed by atoms with Crippen LogP contribution in [0.25, 0.3) is 11.1 Å². The molecule has 0 amide bonds. The number of hydrogen-bond donors (Lipinski definition) is 0. The van der Waals surface area contributed by atoms with Crippen LogP contribution in [0.3, 0.4) is 0 Å². The summed E-state index contributed by atoms with van der Waals surface area (Å²) in [5.41, 5.74) is 1.72. The van der Waals surface area contributed by atoms with E-state index in [0.717, 1.165) is 42.0 Å². The second kappa shape index (κ2) is 6.54. The van der Waals surface area contributed by atoms with Crippen LogP contribution in [0.15, 0.2) is 47.4 Å². The van der Waals surface area contributed by atoms with Gasteiger partial charge in [0.2, 0.25) is 0 Å². The quantitative estimate of drug-likeness (QED) is 0.669. The fourth-order valence-corrected chi connectivity index (χ4v) is 3.98. The second-order valence-electron chi connectivity index (χ2n) is 6.31. The van der Waals surface area contributed by atoms with E-state index in [2.05, 4.69) is 0 Å². The molecule has 0 fully saturated rings. The average molecular weight is 384 g/mol. The van der Waals surface area contributed by atoms with E-state index in [4.69, 9.17) is 0 Å². The Morgan fingerprint density at radius 1 is 0.923 bits per heavy atom. The lowest BCUT2D eigenvalue weighted by Gasteiger charge is -2.12. The third kappa shape index (κ3) is 3.67. The van der Waals surface area contributed by atoms with Gasteiger partial charge >= 0.3 is 6.18 Å². The highest BCUT2D eigenvalue weighted by Gasteiger charge is 2.31. The van der Waals surface area contributed by atoms with Gasteiger partial charge < -0.3 is 0 Å². The molecule has 0 bridgehead atoms. The molecule has 1 aliphatic rings. The van der Waals surface area contributed by atoms with E-state index in [1.807, 2.05) is 0 Å². The fourth-order valence-electron chi connectivity index (χ4n) is 3.25. The molecule has 0 aliphatic heterocycles. The van der Waals surface area contributed by atoms with Crippen molar-refractivity contribution in [3.63, 3.8) is 0 Å². The van der Waals surface area contributed by atoms with E-state index < -0.39 is 27.4 Å². The average Bonchev–Trinajstić information content (AvgIpc) is 3.02. The van der Waals surface area contributed by atoms with Crippen molar-refractivity contribution in [2.45, 2.75) is 30.3 Å². The third-order valence-corrected chi connectivity index (χ3v) is 5.57. The topological polar surface area (TPSA) is 34.1 Å². The maximum absolute atomic E-state index is 14.2. The van der Waals surface area contributed by atoms with E-state index in [1.54, 1.807) is 6.07 Å². The number of sulfone groups is 1. The minimum atomic E-state index is -4.43. The molecule has 0 heterocycles. The Morgan fingerprint density at radius 2 is 1.54 bits per heavy atom. The second-order valence-corrected chi connectivity index (χ2v) is 8.29. The number of halogens is 4. The molecule has 2 aromatic carbocycles. The largest absolute Gasteiger partial charge is 0.416 e. The molecule has 0 spiro atoms. The summed E-state index contributed by atoms with van der Waals surface area (Å²) >= 11 is 0. The van der Waals surface area contributed by atoms with Crippen LogP contribution in [0, 0.1) is 5.82 Å². The summed E-state index contributed by atoms with van der Waals surface area (Å²) in [5, 5.41) is 0. The molecule has 26 heavy (non-hydrogen) atoms. The number of benzene rings is 2. The van der Waals surface area contributed by atoms with Crippen molar-refractivity contribution < 1.29 is 26.0 Å². The summed E-state index contributed by atoms with van der Waals surface area (Å²) in [5.74, 6) is -0.854. The van der Waals surface area contributed by atoms with E-state index in [-0.39, 0.29) is 4.90 Å². The number of alkyl halides is 3. The van der Waals surface area contributed by atoms with Crippen molar-refractivity contribution in [1.29, 1.82) is 0 Å². The lowest BCUT2D eigenvalue weighted by Crippen LogP contribution is -2.05. The maximum Gasteiger partial charge on any atom is 0.416 e. The Morgan fingerprint density at radius 3 is 2.08 bits per heavy atom. The Bertz CT molecular complexity index is 989. The number of rotatable bonds is 3.